The molecule has 20 heavy (non-hydrogen) atoms. The molecule has 100 valence electrons. The second-order valence-corrected chi connectivity index (χ2v) is 4.39. The molecule has 0 aliphatic heterocycles. The largest absolute Gasteiger partial charge is 0.457 e. The Bertz CT molecular complexity index is 744. The molecule has 0 spiro atoms. The van der Waals surface area contributed by atoms with Gasteiger partial charge < -0.3 is 14.5 Å². The number of hydrogen-bond acceptors (Lipinski definition) is 3. The summed E-state index contributed by atoms with van der Waals surface area (Å²) >= 11 is 0. The maximum Gasteiger partial charge on any atom is 0.308 e. The molecule has 4 heteroatoms. The highest BCUT2D eigenvalue weighted by atomic mass is 16.5. The van der Waals surface area contributed by atoms with Crippen LogP contribution in [-0.4, -0.2) is 11.0 Å². The van der Waals surface area contributed by atoms with E-state index in [2.05, 4.69) is 4.98 Å². The molecule has 1 heterocycles. The number of aromatic amines is 1. The number of carbonyl (C=O) groups is 1. The molecule has 0 atom stereocenters. The van der Waals surface area contributed by atoms with Gasteiger partial charge in [0.05, 0.1) is 0 Å². The molecule has 0 radical (unpaired) electrons. The van der Waals surface area contributed by atoms with E-state index in [0.717, 1.165) is 16.7 Å². The summed E-state index contributed by atoms with van der Waals surface area (Å²) < 4.78 is 10.7. The lowest BCUT2D eigenvalue weighted by atomic mass is 10.2. The quantitative estimate of drug-likeness (QED) is 0.578. The molecule has 0 saturated heterocycles. The third kappa shape index (κ3) is 2.64. The van der Waals surface area contributed by atoms with Crippen LogP contribution in [0.1, 0.15) is 6.92 Å². The first-order valence-corrected chi connectivity index (χ1v) is 6.24. The zero-order valence-corrected chi connectivity index (χ0v) is 10.9. The van der Waals surface area contributed by atoms with Crippen molar-refractivity contribution in [1.29, 1.82) is 0 Å². The molecule has 3 rings (SSSR count). The van der Waals surface area contributed by atoms with Gasteiger partial charge in [-0.05, 0) is 48.5 Å². The van der Waals surface area contributed by atoms with Crippen LogP contribution in [0.3, 0.4) is 0 Å². The van der Waals surface area contributed by atoms with E-state index in [0.29, 0.717) is 11.5 Å². The topological polar surface area (TPSA) is 51.3 Å². The SMILES string of the molecule is CC(=O)Oc1ccc(Oc2ccc3[nH]ccc3c2)cc1. The average molecular weight is 267 g/mol. The summed E-state index contributed by atoms with van der Waals surface area (Å²) in [5, 5.41) is 1.10. The van der Waals surface area contributed by atoms with Crippen molar-refractivity contribution in [3.8, 4) is 17.2 Å². The second kappa shape index (κ2) is 5.09. The van der Waals surface area contributed by atoms with Crippen LogP contribution in [0.15, 0.2) is 54.7 Å². The van der Waals surface area contributed by atoms with Crippen molar-refractivity contribution in [2.45, 2.75) is 6.92 Å². The van der Waals surface area contributed by atoms with E-state index >= 15 is 0 Å². The monoisotopic (exact) mass is 267 g/mol. The van der Waals surface area contributed by atoms with Gasteiger partial charge in [0, 0.05) is 24.0 Å². The first-order valence-electron chi connectivity index (χ1n) is 6.24. The van der Waals surface area contributed by atoms with Gasteiger partial charge in [0.25, 0.3) is 0 Å². The second-order valence-electron chi connectivity index (χ2n) is 4.39. The van der Waals surface area contributed by atoms with Gasteiger partial charge in [0.15, 0.2) is 0 Å². The minimum Gasteiger partial charge on any atom is -0.457 e. The van der Waals surface area contributed by atoms with Crippen LogP contribution < -0.4 is 9.47 Å². The lowest BCUT2D eigenvalue weighted by Gasteiger charge is -2.07. The van der Waals surface area contributed by atoms with Crippen LogP contribution >= 0.6 is 0 Å². The fourth-order valence-corrected chi connectivity index (χ4v) is 1.97. The average Bonchev–Trinajstić information content (AvgIpc) is 2.88. The highest BCUT2D eigenvalue weighted by molar-refractivity contribution is 5.80. The Hall–Kier alpha value is -2.75. The van der Waals surface area contributed by atoms with E-state index in [1.807, 2.05) is 30.5 Å². The number of aromatic nitrogens is 1. The third-order valence-electron chi connectivity index (χ3n) is 2.85. The molecular formula is C16H13NO3. The standard InChI is InChI=1S/C16H13NO3/c1-11(18)19-13-2-4-14(5-3-13)20-15-6-7-16-12(10-15)8-9-17-16/h2-10,17H,1H3. The molecule has 0 fully saturated rings. The van der Waals surface area contributed by atoms with Crippen molar-refractivity contribution >= 4 is 16.9 Å². The molecule has 1 N–H and O–H groups in total. The van der Waals surface area contributed by atoms with Crippen LogP contribution in [0.5, 0.6) is 17.2 Å². The predicted octanol–water partition coefficient (Wildman–Crippen LogP) is 3.89. The van der Waals surface area contributed by atoms with Crippen molar-refractivity contribution in [3.05, 3.63) is 54.7 Å². The van der Waals surface area contributed by atoms with E-state index < -0.39 is 0 Å². The van der Waals surface area contributed by atoms with Crippen molar-refractivity contribution in [3.63, 3.8) is 0 Å². The number of benzene rings is 2. The summed E-state index contributed by atoms with van der Waals surface area (Å²) in [4.78, 5) is 14.0. The maximum atomic E-state index is 10.8. The number of carbonyl (C=O) groups excluding carboxylic acids is 1. The highest BCUT2D eigenvalue weighted by Gasteiger charge is 2.02. The number of hydrogen-bond donors (Lipinski definition) is 1. The summed E-state index contributed by atoms with van der Waals surface area (Å²) in [5.41, 5.74) is 1.07. The Balaban J connectivity index is 1.78. The Morgan fingerprint density at radius 1 is 0.950 bits per heavy atom. The summed E-state index contributed by atoms with van der Waals surface area (Å²) in [6, 6.07) is 14.8. The molecule has 3 aromatic rings. The van der Waals surface area contributed by atoms with Gasteiger partial charge >= 0.3 is 5.97 Å². The Morgan fingerprint density at radius 2 is 1.65 bits per heavy atom. The van der Waals surface area contributed by atoms with Gasteiger partial charge in [0.1, 0.15) is 17.2 Å². The summed E-state index contributed by atoms with van der Waals surface area (Å²) in [7, 11) is 0. The van der Waals surface area contributed by atoms with Crippen LogP contribution in [0.2, 0.25) is 0 Å². The molecule has 0 aliphatic rings. The number of rotatable bonds is 3. The smallest absolute Gasteiger partial charge is 0.308 e. The molecule has 0 unspecified atom stereocenters. The molecule has 0 amide bonds. The Morgan fingerprint density at radius 3 is 2.40 bits per heavy atom. The molecule has 2 aromatic carbocycles. The maximum absolute atomic E-state index is 10.8. The minimum atomic E-state index is -0.337. The predicted molar refractivity (Wildman–Crippen MR) is 76.1 cm³/mol. The van der Waals surface area contributed by atoms with Gasteiger partial charge in [-0.25, -0.2) is 0 Å². The van der Waals surface area contributed by atoms with Crippen molar-refractivity contribution in [2.75, 3.05) is 0 Å². The number of esters is 1. The van der Waals surface area contributed by atoms with Gasteiger partial charge in [-0.1, -0.05) is 0 Å². The van der Waals surface area contributed by atoms with Crippen LogP contribution in [-0.2, 0) is 4.79 Å². The first kappa shape index (κ1) is 12.3. The van der Waals surface area contributed by atoms with Crippen molar-refractivity contribution in [1.82, 2.24) is 4.98 Å². The lowest BCUT2D eigenvalue weighted by Crippen LogP contribution is -2.00. The number of fused-ring (bicyclic) bond motifs is 1. The minimum absolute atomic E-state index is 0.337. The third-order valence-corrected chi connectivity index (χ3v) is 2.85. The molecule has 0 saturated carbocycles. The van der Waals surface area contributed by atoms with Gasteiger partial charge in [0.2, 0.25) is 0 Å². The summed E-state index contributed by atoms with van der Waals surface area (Å²) in [6.45, 7) is 1.37. The highest BCUT2D eigenvalue weighted by Crippen LogP contribution is 2.26. The summed E-state index contributed by atoms with van der Waals surface area (Å²) in [6.07, 6.45) is 1.89. The zero-order valence-electron chi connectivity index (χ0n) is 10.9. The fourth-order valence-electron chi connectivity index (χ4n) is 1.97. The molecule has 4 nitrogen and oxygen atoms in total. The van der Waals surface area contributed by atoms with Crippen LogP contribution in [0.4, 0.5) is 0 Å². The van der Waals surface area contributed by atoms with Crippen molar-refractivity contribution in [2.24, 2.45) is 0 Å². The lowest BCUT2D eigenvalue weighted by molar-refractivity contribution is -0.131. The molecular weight excluding hydrogens is 254 g/mol. The summed E-state index contributed by atoms with van der Waals surface area (Å²) in [5.74, 6) is 1.62. The number of nitrogens with one attached hydrogen (secondary N) is 1. The normalized spacial score (nSPS) is 10.4. The van der Waals surface area contributed by atoms with Gasteiger partial charge in [-0.3, -0.25) is 4.79 Å². The van der Waals surface area contributed by atoms with Crippen LogP contribution in [0, 0.1) is 0 Å². The van der Waals surface area contributed by atoms with Gasteiger partial charge in [-0.2, -0.15) is 0 Å². The fraction of sp³-hybridized carbons (Fsp3) is 0.0625. The van der Waals surface area contributed by atoms with Crippen LogP contribution in [0.25, 0.3) is 10.9 Å². The van der Waals surface area contributed by atoms with Gasteiger partial charge in [-0.15, -0.1) is 0 Å². The Labute approximate surface area is 115 Å². The Kier molecular flexibility index (Phi) is 3.13. The van der Waals surface area contributed by atoms with E-state index in [9.17, 15) is 4.79 Å². The molecule has 1 aromatic heterocycles. The van der Waals surface area contributed by atoms with E-state index in [1.165, 1.54) is 6.92 Å². The molecule has 0 bridgehead atoms. The van der Waals surface area contributed by atoms with E-state index in [4.69, 9.17) is 9.47 Å². The number of H-pyrrole nitrogens is 1. The van der Waals surface area contributed by atoms with E-state index in [-0.39, 0.29) is 5.97 Å². The first-order chi connectivity index (χ1) is 9.70. The molecule has 0 aliphatic carbocycles. The zero-order chi connectivity index (χ0) is 13.9. The van der Waals surface area contributed by atoms with Crippen molar-refractivity contribution < 1.29 is 14.3 Å². The number of ether oxygens (including phenoxy) is 2. The van der Waals surface area contributed by atoms with E-state index in [1.54, 1.807) is 24.3 Å².